The van der Waals surface area contributed by atoms with Crippen molar-refractivity contribution in [1.29, 1.82) is 5.26 Å². The molecule has 0 spiro atoms. The summed E-state index contributed by atoms with van der Waals surface area (Å²) in [6.45, 7) is 5.25. The summed E-state index contributed by atoms with van der Waals surface area (Å²) < 4.78 is 0. The smallest absolute Gasteiger partial charge is 0.287 e. The molecule has 128 valence electrons. The van der Waals surface area contributed by atoms with Gasteiger partial charge in [0.25, 0.3) is 5.69 Å². The van der Waals surface area contributed by atoms with Gasteiger partial charge in [-0.2, -0.15) is 5.26 Å². The molecule has 0 aromatic heterocycles. The van der Waals surface area contributed by atoms with Crippen LogP contribution in [0.15, 0.2) is 36.4 Å². The van der Waals surface area contributed by atoms with Gasteiger partial charge in [-0.15, -0.1) is 0 Å². The van der Waals surface area contributed by atoms with Gasteiger partial charge in [0.1, 0.15) is 11.6 Å². The number of nitrogens with zero attached hydrogens (tertiary/aromatic N) is 4. The van der Waals surface area contributed by atoms with E-state index in [0.717, 1.165) is 42.6 Å². The quantitative estimate of drug-likeness (QED) is 0.618. The lowest BCUT2D eigenvalue weighted by molar-refractivity contribution is -0.385. The number of nitriles is 1. The minimum Gasteiger partial charge on any atom is -0.368 e. The van der Waals surface area contributed by atoms with Crippen molar-refractivity contribution in [2.45, 2.75) is 6.92 Å². The van der Waals surface area contributed by atoms with E-state index in [4.69, 9.17) is 16.9 Å². The number of anilines is 2. The standard InChI is InChI=1S/C18H17ClN4O2/c1-13-2-3-15(19)11-18(13)22-8-6-21(7-9-22)16-4-5-17(23(24)25)14(10-16)12-20/h2-5,10-11H,6-9H2,1H3. The highest BCUT2D eigenvalue weighted by molar-refractivity contribution is 6.30. The van der Waals surface area contributed by atoms with Gasteiger partial charge >= 0.3 is 0 Å². The van der Waals surface area contributed by atoms with Crippen LogP contribution in [0.25, 0.3) is 0 Å². The highest BCUT2D eigenvalue weighted by Gasteiger charge is 2.21. The van der Waals surface area contributed by atoms with Crippen molar-refractivity contribution in [2.24, 2.45) is 0 Å². The molecule has 2 aromatic carbocycles. The topological polar surface area (TPSA) is 73.4 Å². The van der Waals surface area contributed by atoms with E-state index in [2.05, 4.69) is 16.7 Å². The van der Waals surface area contributed by atoms with Crippen molar-refractivity contribution < 1.29 is 4.92 Å². The Morgan fingerprint density at radius 1 is 1.12 bits per heavy atom. The second-order valence-electron chi connectivity index (χ2n) is 5.98. The van der Waals surface area contributed by atoms with Gasteiger partial charge < -0.3 is 9.80 Å². The highest BCUT2D eigenvalue weighted by atomic mass is 35.5. The Bertz CT molecular complexity index is 855. The van der Waals surface area contributed by atoms with Gasteiger partial charge in [0.05, 0.1) is 4.92 Å². The van der Waals surface area contributed by atoms with Gasteiger partial charge in [-0.1, -0.05) is 17.7 Å². The first-order valence-corrected chi connectivity index (χ1v) is 8.32. The summed E-state index contributed by atoms with van der Waals surface area (Å²) in [6.07, 6.45) is 0. The Morgan fingerprint density at radius 2 is 1.80 bits per heavy atom. The highest BCUT2D eigenvalue weighted by Crippen LogP contribution is 2.28. The van der Waals surface area contributed by atoms with E-state index in [0.29, 0.717) is 0 Å². The molecule has 7 heteroatoms. The van der Waals surface area contributed by atoms with Crippen LogP contribution in [0, 0.1) is 28.4 Å². The van der Waals surface area contributed by atoms with Crippen LogP contribution in [0.5, 0.6) is 0 Å². The van der Waals surface area contributed by atoms with Crippen LogP contribution in [-0.4, -0.2) is 31.1 Å². The zero-order valence-corrected chi connectivity index (χ0v) is 14.5. The molecule has 1 heterocycles. The molecule has 3 rings (SSSR count). The maximum atomic E-state index is 11.0. The monoisotopic (exact) mass is 356 g/mol. The Morgan fingerprint density at radius 3 is 2.44 bits per heavy atom. The molecule has 6 nitrogen and oxygen atoms in total. The lowest BCUT2D eigenvalue weighted by atomic mass is 10.1. The molecule has 0 amide bonds. The van der Waals surface area contributed by atoms with Crippen LogP contribution in [0.2, 0.25) is 5.02 Å². The van der Waals surface area contributed by atoms with Crippen molar-refractivity contribution in [3.8, 4) is 6.07 Å². The molecular weight excluding hydrogens is 340 g/mol. The van der Waals surface area contributed by atoms with Crippen LogP contribution in [0.3, 0.4) is 0 Å². The molecule has 1 aliphatic rings. The van der Waals surface area contributed by atoms with Crippen LogP contribution >= 0.6 is 11.6 Å². The van der Waals surface area contributed by atoms with Crippen molar-refractivity contribution >= 4 is 28.7 Å². The molecule has 2 aromatic rings. The SMILES string of the molecule is Cc1ccc(Cl)cc1N1CCN(c2ccc([N+](=O)[O-])c(C#N)c2)CC1. The average Bonchev–Trinajstić information content (AvgIpc) is 2.63. The summed E-state index contributed by atoms with van der Waals surface area (Å²) in [5, 5.41) is 20.8. The molecule has 0 radical (unpaired) electrons. The van der Waals surface area contributed by atoms with Gasteiger partial charge in [-0.05, 0) is 36.8 Å². The molecule has 0 saturated carbocycles. The van der Waals surface area contributed by atoms with Crippen LogP contribution < -0.4 is 9.80 Å². The van der Waals surface area contributed by atoms with E-state index in [9.17, 15) is 10.1 Å². The van der Waals surface area contributed by atoms with Gasteiger partial charge in [0.2, 0.25) is 0 Å². The first-order valence-electron chi connectivity index (χ1n) is 7.94. The van der Waals surface area contributed by atoms with Crippen LogP contribution in [-0.2, 0) is 0 Å². The van der Waals surface area contributed by atoms with E-state index >= 15 is 0 Å². The first-order chi connectivity index (χ1) is 12.0. The van der Waals surface area contributed by atoms with E-state index < -0.39 is 4.92 Å². The molecule has 0 bridgehead atoms. The number of nitro benzene ring substituents is 1. The predicted octanol–water partition coefficient (Wildman–Crippen LogP) is 3.75. The third-order valence-electron chi connectivity index (χ3n) is 4.45. The third kappa shape index (κ3) is 3.52. The molecule has 1 saturated heterocycles. The Balaban J connectivity index is 1.75. The van der Waals surface area contributed by atoms with Crippen molar-refractivity contribution in [2.75, 3.05) is 36.0 Å². The number of piperazine rings is 1. The Hall–Kier alpha value is -2.78. The average molecular weight is 357 g/mol. The summed E-state index contributed by atoms with van der Waals surface area (Å²) in [5.41, 5.74) is 3.09. The van der Waals surface area contributed by atoms with E-state index in [-0.39, 0.29) is 11.3 Å². The lowest BCUT2D eigenvalue weighted by Crippen LogP contribution is -2.46. The fraction of sp³-hybridized carbons (Fsp3) is 0.278. The number of nitro groups is 1. The predicted molar refractivity (Wildman–Crippen MR) is 98.4 cm³/mol. The fourth-order valence-corrected chi connectivity index (χ4v) is 3.26. The number of benzene rings is 2. The van der Waals surface area contributed by atoms with Crippen molar-refractivity contribution in [3.63, 3.8) is 0 Å². The number of hydrogen-bond acceptors (Lipinski definition) is 5. The van der Waals surface area contributed by atoms with Gasteiger partial charge in [0, 0.05) is 48.6 Å². The second kappa shape index (κ2) is 6.99. The zero-order chi connectivity index (χ0) is 18.0. The molecule has 0 aliphatic carbocycles. The Labute approximate surface area is 151 Å². The summed E-state index contributed by atoms with van der Waals surface area (Å²) in [7, 11) is 0. The summed E-state index contributed by atoms with van der Waals surface area (Å²) >= 11 is 6.11. The zero-order valence-electron chi connectivity index (χ0n) is 13.8. The molecular formula is C18H17ClN4O2. The van der Waals surface area contributed by atoms with Crippen molar-refractivity contribution in [1.82, 2.24) is 0 Å². The van der Waals surface area contributed by atoms with Crippen LogP contribution in [0.4, 0.5) is 17.1 Å². The van der Waals surface area contributed by atoms with E-state index in [1.54, 1.807) is 12.1 Å². The summed E-state index contributed by atoms with van der Waals surface area (Å²) in [6, 6.07) is 12.5. The maximum Gasteiger partial charge on any atom is 0.287 e. The second-order valence-corrected chi connectivity index (χ2v) is 6.41. The third-order valence-corrected chi connectivity index (χ3v) is 4.69. The summed E-state index contributed by atoms with van der Waals surface area (Å²) in [5.74, 6) is 0. The molecule has 1 aliphatic heterocycles. The van der Waals surface area contributed by atoms with E-state index in [1.807, 2.05) is 24.3 Å². The van der Waals surface area contributed by atoms with Gasteiger partial charge in [-0.25, -0.2) is 0 Å². The van der Waals surface area contributed by atoms with Gasteiger partial charge in [-0.3, -0.25) is 10.1 Å². The lowest BCUT2D eigenvalue weighted by Gasteiger charge is -2.38. The first kappa shape index (κ1) is 17.1. The Kier molecular flexibility index (Phi) is 4.77. The van der Waals surface area contributed by atoms with Gasteiger partial charge in [0.15, 0.2) is 0 Å². The number of aryl methyl sites for hydroxylation is 1. The minimum absolute atomic E-state index is 0.0932. The number of rotatable bonds is 3. The number of halogens is 1. The molecule has 0 unspecified atom stereocenters. The largest absolute Gasteiger partial charge is 0.368 e. The maximum absolute atomic E-state index is 11.0. The van der Waals surface area contributed by atoms with Crippen molar-refractivity contribution in [3.05, 3.63) is 62.7 Å². The molecule has 1 fully saturated rings. The number of hydrogen-bond donors (Lipinski definition) is 0. The minimum atomic E-state index is -0.526. The summed E-state index contributed by atoms with van der Waals surface area (Å²) in [4.78, 5) is 14.9. The van der Waals surface area contributed by atoms with E-state index in [1.165, 1.54) is 11.6 Å². The molecule has 0 atom stereocenters. The molecule has 25 heavy (non-hydrogen) atoms. The molecule has 0 N–H and O–H groups in total. The fourth-order valence-electron chi connectivity index (χ4n) is 3.10. The normalized spacial score (nSPS) is 14.3. The van der Waals surface area contributed by atoms with Crippen LogP contribution in [0.1, 0.15) is 11.1 Å².